The van der Waals surface area contributed by atoms with Gasteiger partial charge in [-0.3, -0.25) is 0 Å². The maximum absolute atomic E-state index is 2.77. The summed E-state index contributed by atoms with van der Waals surface area (Å²) in [5.41, 5.74) is 18.3. The van der Waals surface area contributed by atoms with E-state index in [0.717, 1.165) is 67.6 Å². The number of allylic oxidation sites excluding steroid dienone is 3. The summed E-state index contributed by atoms with van der Waals surface area (Å²) < 4.78 is 0. The van der Waals surface area contributed by atoms with Crippen molar-refractivity contribution in [1.29, 1.82) is 0 Å². The van der Waals surface area contributed by atoms with Gasteiger partial charge in [-0.1, -0.05) is 72.8 Å². The van der Waals surface area contributed by atoms with Gasteiger partial charge in [0, 0.05) is 34.1 Å². The highest BCUT2D eigenvalue weighted by atomic mass is 15.2. The van der Waals surface area contributed by atoms with Crippen LogP contribution in [-0.2, 0) is 30.1 Å². The number of para-hydroxylation sites is 3. The van der Waals surface area contributed by atoms with Crippen molar-refractivity contribution in [1.82, 2.24) is 0 Å². The maximum atomic E-state index is 2.77. The Balaban J connectivity index is 1.04. The predicted molar refractivity (Wildman–Crippen MR) is 266 cm³/mol. The SMILES string of the molecule is C1=CC2=C(CC1)CCc1ccccc1N2c1ccc2c(C34CC5CC(CC(C5)C3)C4)c3cc(N4c5ccccc5CCc5ccccc54)ccc3c(C34CC5CC(CC(C5)C3)C4)c2c1. The van der Waals surface area contributed by atoms with Crippen molar-refractivity contribution in [3.05, 3.63) is 160 Å². The lowest BCUT2D eigenvalue weighted by Gasteiger charge is -2.59. The van der Waals surface area contributed by atoms with Gasteiger partial charge in [0.25, 0.3) is 0 Å². The third-order valence-corrected chi connectivity index (χ3v) is 19.3. The summed E-state index contributed by atoms with van der Waals surface area (Å²) in [6.45, 7) is 0. The number of benzene rings is 6. The van der Waals surface area contributed by atoms with Gasteiger partial charge >= 0.3 is 0 Å². The van der Waals surface area contributed by atoms with Gasteiger partial charge in [0.1, 0.15) is 0 Å². The first-order valence-corrected chi connectivity index (χ1v) is 25.8. The van der Waals surface area contributed by atoms with Crippen LogP contribution in [0, 0.1) is 35.5 Å². The first-order chi connectivity index (χ1) is 31.5. The normalized spacial score (nSPS) is 31.8. The molecule has 2 heterocycles. The summed E-state index contributed by atoms with van der Waals surface area (Å²) in [7, 11) is 0. The number of fused-ring (bicyclic) bond motifs is 5. The minimum Gasteiger partial charge on any atom is -0.310 e. The number of rotatable bonds is 4. The summed E-state index contributed by atoms with van der Waals surface area (Å²) in [5.74, 6) is 5.27. The molecule has 0 saturated heterocycles. The van der Waals surface area contributed by atoms with E-state index in [4.69, 9.17) is 0 Å². The first kappa shape index (κ1) is 37.2. The molecule has 0 spiro atoms. The molecule has 64 heavy (non-hydrogen) atoms. The van der Waals surface area contributed by atoms with Crippen molar-refractivity contribution in [3.63, 3.8) is 0 Å². The molecule has 320 valence electrons. The lowest BCUT2D eigenvalue weighted by atomic mass is 9.46. The number of nitrogens with zero attached hydrogens (tertiary/aromatic N) is 2. The quantitative estimate of drug-likeness (QED) is 0.163. The average molecular weight is 835 g/mol. The molecule has 0 aromatic heterocycles. The Morgan fingerprint density at radius 1 is 0.391 bits per heavy atom. The number of hydrogen-bond acceptors (Lipinski definition) is 2. The fraction of sp³-hybridized carbons (Fsp3) is 0.419. The summed E-state index contributed by atoms with van der Waals surface area (Å²) in [5, 5.41) is 6.42. The second-order valence-corrected chi connectivity index (χ2v) is 23.1. The zero-order valence-electron chi connectivity index (χ0n) is 37.6. The van der Waals surface area contributed by atoms with Gasteiger partial charge in [0.2, 0.25) is 0 Å². The molecule has 0 amide bonds. The third kappa shape index (κ3) is 5.44. The zero-order chi connectivity index (χ0) is 41.7. The van der Waals surface area contributed by atoms with E-state index in [9.17, 15) is 0 Å². The molecular formula is C62H62N2. The van der Waals surface area contributed by atoms with Crippen LogP contribution in [-0.4, -0.2) is 0 Å². The number of anilines is 5. The molecule has 2 aliphatic heterocycles. The lowest BCUT2D eigenvalue weighted by molar-refractivity contribution is -0.00493. The van der Waals surface area contributed by atoms with Crippen molar-refractivity contribution >= 4 is 50.0 Å². The Morgan fingerprint density at radius 2 is 0.797 bits per heavy atom. The van der Waals surface area contributed by atoms with Crippen molar-refractivity contribution < 1.29 is 0 Å². The van der Waals surface area contributed by atoms with Gasteiger partial charge in [0.05, 0.1) is 0 Å². The molecule has 0 atom stereocenters. The van der Waals surface area contributed by atoms with Gasteiger partial charge in [-0.05, 0) is 265 Å². The molecule has 2 heteroatoms. The van der Waals surface area contributed by atoms with Crippen LogP contribution < -0.4 is 9.80 Å². The minimum atomic E-state index is 0.233. The van der Waals surface area contributed by atoms with Crippen LogP contribution in [0.2, 0.25) is 0 Å². The Hall–Kier alpha value is -5.08. The molecule has 0 unspecified atom stereocenters. The van der Waals surface area contributed by atoms with Gasteiger partial charge in [-0.25, -0.2) is 0 Å². The smallest absolute Gasteiger partial charge is 0.0493 e. The molecule has 0 radical (unpaired) electrons. The van der Waals surface area contributed by atoms with Crippen molar-refractivity contribution in [2.75, 3.05) is 9.80 Å². The van der Waals surface area contributed by atoms with E-state index in [1.54, 1.807) is 38.2 Å². The topological polar surface area (TPSA) is 6.48 Å². The maximum Gasteiger partial charge on any atom is 0.0493 e. The average Bonchev–Trinajstić information content (AvgIpc) is 3.58. The van der Waals surface area contributed by atoms with Crippen molar-refractivity contribution in [2.45, 2.75) is 126 Å². The summed E-state index contributed by atoms with van der Waals surface area (Å²) in [6, 6.07) is 44.1. The summed E-state index contributed by atoms with van der Waals surface area (Å²) in [4.78, 5) is 5.38. The van der Waals surface area contributed by atoms with E-state index >= 15 is 0 Å². The molecule has 0 N–H and O–H groups in total. The highest BCUT2D eigenvalue weighted by Crippen LogP contribution is 2.66. The number of hydrogen-bond donors (Lipinski definition) is 0. The Kier molecular flexibility index (Phi) is 7.97. The first-order valence-electron chi connectivity index (χ1n) is 25.8. The van der Waals surface area contributed by atoms with Crippen LogP contribution in [0.1, 0.15) is 124 Å². The van der Waals surface area contributed by atoms with Gasteiger partial charge < -0.3 is 9.80 Å². The molecule has 11 aliphatic rings. The Morgan fingerprint density at radius 3 is 1.27 bits per heavy atom. The molecule has 2 nitrogen and oxygen atoms in total. The molecule has 8 saturated carbocycles. The van der Waals surface area contributed by atoms with E-state index in [0.29, 0.717) is 0 Å². The van der Waals surface area contributed by atoms with Crippen molar-refractivity contribution in [3.8, 4) is 0 Å². The van der Waals surface area contributed by atoms with Gasteiger partial charge in [0.15, 0.2) is 0 Å². The van der Waals surface area contributed by atoms with Crippen LogP contribution in [0.15, 0.2) is 133 Å². The number of aryl methyl sites for hydroxylation is 3. The molecule has 17 rings (SSSR count). The van der Waals surface area contributed by atoms with E-state index in [1.807, 2.05) is 0 Å². The predicted octanol–water partition coefficient (Wildman–Crippen LogP) is 16.2. The van der Waals surface area contributed by atoms with Gasteiger partial charge in [-0.2, -0.15) is 0 Å². The zero-order valence-corrected chi connectivity index (χ0v) is 37.6. The monoisotopic (exact) mass is 834 g/mol. The van der Waals surface area contributed by atoms with E-state index in [-0.39, 0.29) is 10.8 Å². The van der Waals surface area contributed by atoms with Crippen LogP contribution >= 0.6 is 0 Å². The van der Waals surface area contributed by atoms with Crippen LogP contribution in [0.5, 0.6) is 0 Å². The highest BCUT2D eigenvalue weighted by molar-refractivity contribution is 6.10. The third-order valence-electron chi connectivity index (χ3n) is 19.3. The summed E-state index contributed by atoms with van der Waals surface area (Å²) >= 11 is 0. The van der Waals surface area contributed by atoms with E-state index in [1.165, 1.54) is 134 Å². The minimum absolute atomic E-state index is 0.233. The fourth-order valence-electron chi connectivity index (χ4n) is 17.8. The Bertz CT molecular complexity index is 2880. The molecule has 6 aromatic carbocycles. The fourth-order valence-corrected chi connectivity index (χ4v) is 17.8. The molecule has 9 aliphatic carbocycles. The lowest BCUT2D eigenvalue weighted by Crippen LogP contribution is -2.49. The summed E-state index contributed by atoms with van der Waals surface area (Å²) in [6.07, 6.45) is 28.8. The van der Waals surface area contributed by atoms with Crippen molar-refractivity contribution in [2.24, 2.45) is 35.5 Å². The van der Waals surface area contributed by atoms with Crippen LogP contribution in [0.3, 0.4) is 0 Å². The second-order valence-electron chi connectivity index (χ2n) is 23.1. The Labute approximate surface area is 380 Å². The molecular weight excluding hydrogens is 773 g/mol. The second kappa shape index (κ2) is 13.7. The highest BCUT2D eigenvalue weighted by Gasteiger charge is 2.55. The largest absolute Gasteiger partial charge is 0.310 e. The van der Waals surface area contributed by atoms with Crippen LogP contribution in [0.25, 0.3) is 21.5 Å². The molecule has 8 fully saturated rings. The van der Waals surface area contributed by atoms with Gasteiger partial charge in [-0.15, -0.1) is 0 Å². The molecule has 8 bridgehead atoms. The van der Waals surface area contributed by atoms with E-state index in [2.05, 4.69) is 131 Å². The molecule has 6 aromatic rings. The van der Waals surface area contributed by atoms with Crippen LogP contribution in [0.4, 0.5) is 28.4 Å². The van der Waals surface area contributed by atoms with E-state index < -0.39 is 0 Å². The standard InChI is InChI=1S/C62H62N2/c1-5-13-55-45(9-1)17-18-46-10-2-6-14-56(46)63(55)49-21-23-51-53(31-49)59(61-33-39-25-40(34-61)27-41(26-39)35-61)52-24-22-50(32-54(52)60(51)62-36-42-28-43(37-62)30-44(29-42)38-62)64-57-15-7-3-11-47(57)19-20-48-12-4-8-16-58(48)64/h1-3,5-11,13-16,21-24,31-32,39-44H,4,12,17-20,25-30,33-38H2.